The molecular formula is C13H15N. The van der Waals surface area contributed by atoms with Crippen LogP contribution in [0.2, 0.25) is 0 Å². The maximum Gasteiger partial charge on any atom is 0.0578 e. The van der Waals surface area contributed by atoms with E-state index in [4.69, 9.17) is 6.42 Å². The highest BCUT2D eigenvalue weighted by Crippen LogP contribution is 2.31. The van der Waals surface area contributed by atoms with Gasteiger partial charge in [-0.25, -0.2) is 0 Å². The second-order valence-electron chi connectivity index (χ2n) is 3.88. The molecule has 14 heavy (non-hydrogen) atoms. The molecule has 1 aromatic rings. The van der Waals surface area contributed by atoms with Crippen molar-refractivity contribution in [2.45, 2.75) is 25.8 Å². The third-order valence-electron chi connectivity index (χ3n) is 2.83. The van der Waals surface area contributed by atoms with Crippen molar-refractivity contribution in [3.8, 4) is 12.3 Å². The fourth-order valence-electron chi connectivity index (χ4n) is 2.14. The van der Waals surface area contributed by atoms with Gasteiger partial charge in [-0.3, -0.25) is 5.32 Å². The molecule has 1 aliphatic rings. The van der Waals surface area contributed by atoms with Crippen molar-refractivity contribution < 1.29 is 0 Å². The minimum Gasteiger partial charge on any atom is -0.299 e. The molecule has 1 nitrogen and oxygen atoms in total. The van der Waals surface area contributed by atoms with E-state index in [-0.39, 0.29) is 0 Å². The Morgan fingerprint density at radius 2 is 2.43 bits per heavy atom. The molecule has 2 rings (SSSR count). The van der Waals surface area contributed by atoms with E-state index in [9.17, 15) is 0 Å². The molecule has 0 saturated carbocycles. The first-order valence-electron chi connectivity index (χ1n) is 5.07. The Morgan fingerprint density at radius 1 is 1.57 bits per heavy atom. The number of benzene rings is 1. The number of aryl methyl sites for hydroxylation is 2. The second-order valence-corrected chi connectivity index (χ2v) is 3.88. The van der Waals surface area contributed by atoms with E-state index in [2.05, 4.69) is 36.4 Å². The van der Waals surface area contributed by atoms with Gasteiger partial charge < -0.3 is 0 Å². The fourth-order valence-corrected chi connectivity index (χ4v) is 2.14. The lowest BCUT2D eigenvalue weighted by molar-refractivity contribution is 0.568. The van der Waals surface area contributed by atoms with Crippen LogP contribution in [0.3, 0.4) is 0 Å². The van der Waals surface area contributed by atoms with Gasteiger partial charge in [0.2, 0.25) is 0 Å². The SMILES string of the molecule is C#CCNC1CCc2cc(C)ccc21. The van der Waals surface area contributed by atoms with E-state index in [0.29, 0.717) is 12.6 Å². The van der Waals surface area contributed by atoms with Gasteiger partial charge in [-0.2, -0.15) is 0 Å². The molecule has 0 fully saturated rings. The summed E-state index contributed by atoms with van der Waals surface area (Å²) >= 11 is 0. The molecule has 0 heterocycles. The van der Waals surface area contributed by atoms with Crippen LogP contribution in [-0.2, 0) is 6.42 Å². The van der Waals surface area contributed by atoms with Crippen LogP contribution in [0.4, 0.5) is 0 Å². The zero-order chi connectivity index (χ0) is 9.97. The van der Waals surface area contributed by atoms with E-state index in [1.54, 1.807) is 0 Å². The van der Waals surface area contributed by atoms with Crippen molar-refractivity contribution >= 4 is 0 Å². The number of hydrogen-bond donors (Lipinski definition) is 1. The Kier molecular flexibility index (Phi) is 2.56. The first kappa shape index (κ1) is 9.30. The van der Waals surface area contributed by atoms with Gasteiger partial charge in [0.05, 0.1) is 6.54 Å². The first-order chi connectivity index (χ1) is 6.81. The Morgan fingerprint density at radius 3 is 3.21 bits per heavy atom. The zero-order valence-corrected chi connectivity index (χ0v) is 8.51. The summed E-state index contributed by atoms with van der Waals surface area (Å²) in [5.74, 6) is 2.63. The number of rotatable bonds is 2. The zero-order valence-electron chi connectivity index (χ0n) is 8.51. The lowest BCUT2D eigenvalue weighted by Gasteiger charge is -2.11. The van der Waals surface area contributed by atoms with Crippen LogP contribution < -0.4 is 5.32 Å². The predicted molar refractivity (Wildman–Crippen MR) is 59.1 cm³/mol. The number of nitrogens with one attached hydrogen (secondary N) is 1. The molecule has 1 aliphatic carbocycles. The molecule has 1 aromatic carbocycles. The third-order valence-corrected chi connectivity index (χ3v) is 2.83. The molecule has 0 radical (unpaired) electrons. The average Bonchev–Trinajstić information content (AvgIpc) is 2.57. The second kappa shape index (κ2) is 3.86. The van der Waals surface area contributed by atoms with Crippen LogP contribution in [0.5, 0.6) is 0 Å². The number of terminal acetylenes is 1. The smallest absolute Gasteiger partial charge is 0.0578 e. The molecule has 1 N–H and O–H groups in total. The molecule has 1 heteroatoms. The van der Waals surface area contributed by atoms with Crippen molar-refractivity contribution in [2.75, 3.05) is 6.54 Å². The first-order valence-corrected chi connectivity index (χ1v) is 5.07. The van der Waals surface area contributed by atoms with E-state index in [1.807, 2.05) is 0 Å². The molecule has 0 saturated heterocycles. The standard InChI is InChI=1S/C13H15N/c1-3-8-14-13-7-5-11-9-10(2)4-6-12(11)13/h1,4,6,9,13-14H,5,7-8H2,2H3. The van der Waals surface area contributed by atoms with Crippen LogP contribution in [0.15, 0.2) is 18.2 Å². The van der Waals surface area contributed by atoms with Gasteiger partial charge in [-0.05, 0) is 30.9 Å². The molecule has 72 valence electrons. The lowest BCUT2D eigenvalue weighted by Crippen LogP contribution is -2.19. The summed E-state index contributed by atoms with van der Waals surface area (Å²) in [5.41, 5.74) is 4.27. The van der Waals surface area contributed by atoms with Crippen LogP contribution in [0, 0.1) is 19.3 Å². The van der Waals surface area contributed by atoms with Crippen molar-refractivity contribution in [1.82, 2.24) is 5.32 Å². The Hall–Kier alpha value is -1.26. The van der Waals surface area contributed by atoms with Gasteiger partial charge >= 0.3 is 0 Å². The monoisotopic (exact) mass is 185 g/mol. The van der Waals surface area contributed by atoms with Gasteiger partial charge in [0.15, 0.2) is 0 Å². The van der Waals surface area contributed by atoms with Gasteiger partial charge in [-0.15, -0.1) is 6.42 Å². The Labute approximate surface area is 85.5 Å². The van der Waals surface area contributed by atoms with Gasteiger partial charge in [-0.1, -0.05) is 29.7 Å². The quantitative estimate of drug-likeness (QED) is 0.696. The van der Waals surface area contributed by atoms with Crippen molar-refractivity contribution in [1.29, 1.82) is 0 Å². The summed E-state index contributed by atoms with van der Waals surface area (Å²) in [4.78, 5) is 0. The topological polar surface area (TPSA) is 12.0 Å². The predicted octanol–water partition coefficient (Wildman–Crippen LogP) is 2.21. The molecule has 1 atom stereocenters. The molecule has 0 aliphatic heterocycles. The summed E-state index contributed by atoms with van der Waals surface area (Å²) in [7, 11) is 0. The van der Waals surface area contributed by atoms with Crippen LogP contribution in [-0.4, -0.2) is 6.54 Å². The van der Waals surface area contributed by atoms with Crippen molar-refractivity contribution in [3.63, 3.8) is 0 Å². The van der Waals surface area contributed by atoms with Gasteiger partial charge in [0.1, 0.15) is 0 Å². The fraction of sp³-hybridized carbons (Fsp3) is 0.385. The summed E-state index contributed by atoms with van der Waals surface area (Å²) in [6.07, 6.45) is 7.60. The maximum absolute atomic E-state index is 5.24. The van der Waals surface area contributed by atoms with Crippen LogP contribution >= 0.6 is 0 Å². The molecule has 0 amide bonds. The highest BCUT2D eigenvalue weighted by Gasteiger charge is 2.20. The average molecular weight is 185 g/mol. The third kappa shape index (κ3) is 1.66. The minimum atomic E-state index is 0.474. The minimum absolute atomic E-state index is 0.474. The van der Waals surface area contributed by atoms with E-state index in [1.165, 1.54) is 29.5 Å². The van der Waals surface area contributed by atoms with Crippen molar-refractivity contribution in [3.05, 3.63) is 34.9 Å². The molecular weight excluding hydrogens is 170 g/mol. The Bertz CT molecular complexity index is 373. The van der Waals surface area contributed by atoms with Crippen LogP contribution in [0.25, 0.3) is 0 Å². The summed E-state index contributed by atoms with van der Waals surface area (Å²) in [5, 5.41) is 3.37. The number of hydrogen-bond acceptors (Lipinski definition) is 1. The van der Waals surface area contributed by atoms with E-state index < -0.39 is 0 Å². The maximum atomic E-state index is 5.24. The number of fused-ring (bicyclic) bond motifs is 1. The summed E-state index contributed by atoms with van der Waals surface area (Å²) < 4.78 is 0. The molecule has 0 aromatic heterocycles. The molecule has 0 bridgehead atoms. The highest BCUT2D eigenvalue weighted by atomic mass is 14.9. The normalized spacial score (nSPS) is 19.0. The van der Waals surface area contributed by atoms with Gasteiger partial charge in [0, 0.05) is 6.04 Å². The van der Waals surface area contributed by atoms with Crippen LogP contribution in [0.1, 0.15) is 29.2 Å². The van der Waals surface area contributed by atoms with E-state index in [0.717, 1.165) is 0 Å². The largest absolute Gasteiger partial charge is 0.299 e. The van der Waals surface area contributed by atoms with Gasteiger partial charge in [0.25, 0.3) is 0 Å². The van der Waals surface area contributed by atoms with E-state index >= 15 is 0 Å². The summed E-state index contributed by atoms with van der Waals surface area (Å²) in [6.45, 7) is 2.81. The molecule has 0 spiro atoms. The highest BCUT2D eigenvalue weighted by molar-refractivity contribution is 5.37. The molecule has 1 unspecified atom stereocenters. The lowest BCUT2D eigenvalue weighted by atomic mass is 10.1. The Balaban J connectivity index is 2.19. The summed E-state index contributed by atoms with van der Waals surface area (Å²) in [6, 6.07) is 7.16. The van der Waals surface area contributed by atoms with Crippen molar-refractivity contribution in [2.24, 2.45) is 0 Å².